The highest BCUT2D eigenvalue weighted by Crippen LogP contribution is 2.32. The SMILES string of the molecule is Cc1ccc2c(c1)C(=O)C1CN(CC(=O)Nc3ccc(Cl)cc3)CCC1=N2. The van der Waals surface area contributed by atoms with Gasteiger partial charge in [0, 0.05) is 35.1 Å². The predicted molar refractivity (Wildman–Crippen MR) is 107 cm³/mol. The molecular formula is C21H20ClN3O2. The Labute approximate surface area is 163 Å². The number of carbonyl (C=O) groups is 2. The first kappa shape index (κ1) is 17.9. The van der Waals surface area contributed by atoms with E-state index >= 15 is 0 Å². The quantitative estimate of drug-likeness (QED) is 0.877. The van der Waals surface area contributed by atoms with Crippen molar-refractivity contribution in [3.8, 4) is 0 Å². The lowest BCUT2D eigenvalue weighted by molar-refractivity contribution is -0.117. The van der Waals surface area contributed by atoms with E-state index in [0.717, 1.165) is 23.5 Å². The summed E-state index contributed by atoms with van der Waals surface area (Å²) >= 11 is 5.86. The zero-order chi connectivity index (χ0) is 19.0. The molecular weight excluding hydrogens is 362 g/mol. The molecule has 1 saturated heterocycles. The summed E-state index contributed by atoms with van der Waals surface area (Å²) in [5, 5.41) is 3.50. The van der Waals surface area contributed by atoms with Crippen LogP contribution in [0.3, 0.4) is 0 Å². The van der Waals surface area contributed by atoms with Crippen LogP contribution in [0.25, 0.3) is 0 Å². The smallest absolute Gasteiger partial charge is 0.238 e. The Balaban J connectivity index is 1.43. The van der Waals surface area contributed by atoms with E-state index in [9.17, 15) is 9.59 Å². The highest BCUT2D eigenvalue weighted by molar-refractivity contribution is 6.30. The van der Waals surface area contributed by atoms with Gasteiger partial charge in [0.2, 0.25) is 5.91 Å². The number of amides is 1. The van der Waals surface area contributed by atoms with E-state index in [1.54, 1.807) is 24.3 Å². The number of nitrogens with zero attached hydrogens (tertiary/aromatic N) is 2. The number of anilines is 1. The first-order chi connectivity index (χ1) is 13.0. The van der Waals surface area contributed by atoms with Gasteiger partial charge in [-0.3, -0.25) is 19.5 Å². The molecule has 2 aliphatic rings. The van der Waals surface area contributed by atoms with Gasteiger partial charge in [0.25, 0.3) is 0 Å². The zero-order valence-corrected chi connectivity index (χ0v) is 15.8. The number of aliphatic imine (C=N–C) groups is 1. The number of rotatable bonds is 3. The molecule has 1 atom stereocenters. The molecule has 1 fully saturated rings. The molecule has 27 heavy (non-hydrogen) atoms. The van der Waals surface area contributed by atoms with Crippen LogP contribution >= 0.6 is 11.6 Å². The molecule has 1 unspecified atom stereocenters. The van der Waals surface area contributed by atoms with Crippen molar-refractivity contribution in [2.75, 3.05) is 25.0 Å². The second-order valence-corrected chi connectivity index (χ2v) is 7.52. The highest BCUT2D eigenvalue weighted by atomic mass is 35.5. The lowest BCUT2D eigenvalue weighted by Gasteiger charge is -2.34. The van der Waals surface area contributed by atoms with Crippen LogP contribution in [-0.4, -0.2) is 41.9 Å². The number of fused-ring (bicyclic) bond motifs is 2. The molecule has 2 aromatic rings. The molecule has 0 radical (unpaired) electrons. The average molecular weight is 382 g/mol. The van der Waals surface area contributed by atoms with Crippen molar-refractivity contribution in [2.24, 2.45) is 10.9 Å². The van der Waals surface area contributed by atoms with Crippen LogP contribution in [-0.2, 0) is 4.79 Å². The largest absolute Gasteiger partial charge is 0.325 e. The number of carbonyl (C=O) groups excluding carboxylic acids is 2. The van der Waals surface area contributed by atoms with Crippen molar-refractivity contribution in [1.29, 1.82) is 0 Å². The number of hydrogen-bond donors (Lipinski definition) is 1. The van der Waals surface area contributed by atoms with Crippen molar-refractivity contribution < 1.29 is 9.59 Å². The second-order valence-electron chi connectivity index (χ2n) is 7.08. The van der Waals surface area contributed by atoms with Gasteiger partial charge >= 0.3 is 0 Å². The van der Waals surface area contributed by atoms with Crippen molar-refractivity contribution in [3.05, 3.63) is 58.6 Å². The number of piperidine rings is 1. The van der Waals surface area contributed by atoms with E-state index in [0.29, 0.717) is 29.2 Å². The monoisotopic (exact) mass is 381 g/mol. The van der Waals surface area contributed by atoms with Gasteiger partial charge in [0.05, 0.1) is 18.2 Å². The fraction of sp³-hybridized carbons (Fsp3) is 0.286. The number of Topliss-reactive ketones (excluding diaryl/α,β-unsaturated/α-hetero) is 1. The van der Waals surface area contributed by atoms with Gasteiger partial charge in [-0.2, -0.15) is 0 Å². The third kappa shape index (κ3) is 3.80. The number of likely N-dealkylation sites (tertiary alicyclic amines) is 1. The van der Waals surface area contributed by atoms with Gasteiger partial charge < -0.3 is 5.32 Å². The number of nitrogens with one attached hydrogen (secondary N) is 1. The molecule has 4 rings (SSSR count). The molecule has 5 nitrogen and oxygen atoms in total. The summed E-state index contributed by atoms with van der Waals surface area (Å²) in [6, 6.07) is 12.8. The molecule has 0 saturated carbocycles. The van der Waals surface area contributed by atoms with Crippen LogP contribution in [0.2, 0.25) is 5.02 Å². The molecule has 6 heteroatoms. The molecule has 0 spiro atoms. The maximum absolute atomic E-state index is 12.9. The summed E-state index contributed by atoms with van der Waals surface area (Å²) in [5.41, 5.74) is 4.16. The van der Waals surface area contributed by atoms with Crippen LogP contribution < -0.4 is 5.32 Å². The van der Waals surface area contributed by atoms with Gasteiger partial charge in [-0.1, -0.05) is 23.2 Å². The fourth-order valence-electron chi connectivity index (χ4n) is 3.64. The maximum atomic E-state index is 12.9. The van der Waals surface area contributed by atoms with Crippen LogP contribution in [0.4, 0.5) is 11.4 Å². The predicted octanol–water partition coefficient (Wildman–Crippen LogP) is 3.88. The standard InChI is InChI=1S/C21H20ClN3O2/c1-13-2-7-18-16(10-13)21(27)17-11-25(9-8-19(17)24-18)12-20(26)23-15-5-3-14(22)4-6-15/h2-7,10,17H,8-9,11-12H2,1H3,(H,23,26). The summed E-state index contributed by atoms with van der Waals surface area (Å²) < 4.78 is 0. The van der Waals surface area contributed by atoms with E-state index in [2.05, 4.69) is 5.32 Å². The summed E-state index contributed by atoms with van der Waals surface area (Å²) in [5.74, 6) is -0.241. The van der Waals surface area contributed by atoms with E-state index in [1.165, 1.54) is 0 Å². The average Bonchev–Trinajstić information content (AvgIpc) is 2.65. The highest BCUT2D eigenvalue weighted by Gasteiger charge is 2.36. The Kier molecular flexibility index (Phi) is 4.81. The lowest BCUT2D eigenvalue weighted by atomic mass is 9.84. The van der Waals surface area contributed by atoms with Crippen molar-refractivity contribution in [1.82, 2.24) is 4.90 Å². The third-order valence-electron chi connectivity index (χ3n) is 5.02. The normalized spacial score (nSPS) is 19.1. The van der Waals surface area contributed by atoms with E-state index in [4.69, 9.17) is 16.6 Å². The van der Waals surface area contributed by atoms with Crippen molar-refractivity contribution in [3.63, 3.8) is 0 Å². The molecule has 2 aliphatic heterocycles. The Hall–Kier alpha value is -2.50. The topological polar surface area (TPSA) is 61.8 Å². The summed E-state index contributed by atoms with van der Waals surface area (Å²) in [4.78, 5) is 32.0. The van der Waals surface area contributed by atoms with Gasteiger partial charge in [0.15, 0.2) is 5.78 Å². The molecule has 1 amide bonds. The van der Waals surface area contributed by atoms with Gasteiger partial charge in [-0.25, -0.2) is 0 Å². The molecule has 0 aliphatic carbocycles. The molecule has 2 aromatic carbocycles. The third-order valence-corrected chi connectivity index (χ3v) is 5.27. The van der Waals surface area contributed by atoms with Crippen molar-refractivity contribution >= 4 is 40.4 Å². The Morgan fingerprint density at radius 1 is 1.26 bits per heavy atom. The maximum Gasteiger partial charge on any atom is 0.238 e. The number of ketones is 1. The minimum absolute atomic E-state index is 0.0998. The minimum atomic E-state index is -0.253. The van der Waals surface area contributed by atoms with Crippen LogP contribution in [0.1, 0.15) is 22.3 Å². The Morgan fingerprint density at radius 2 is 2.04 bits per heavy atom. The molecule has 0 aromatic heterocycles. The minimum Gasteiger partial charge on any atom is -0.325 e. The zero-order valence-electron chi connectivity index (χ0n) is 15.0. The molecule has 2 heterocycles. The Bertz CT molecular complexity index is 937. The van der Waals surface area contributed by atoms with Crippen LogP contribution in [0.15, 0.2) is 47.5 Å². The van der Waals surface area contributed by atoms with Gasteiger partial charge in [-0.15, -0.1) is 0 Å². The first-order valence-corrected chi connectivity index (χ1v) is 9.37. The van der Waals surface area contributed by atoms with Gasteiger partial charge in [-0.05, 0) is 49.7 Å². The van der Waals surface area contributed by atoms with Crippen LogP contribution in [0, 0.1) is 12.8 Å². The molecule has 1 N–H and O–H groups in total. The number of hydrogen-bond acceptors (Lipinski definition) is 4. The summed E-state index contributed by atoms with van der Waals surface area (Å²) in [7, 11) is 0. The van der Waals surface area contributed by atoms with E-state index in [1.807, 2.05) is 30.0 Å². The van der Waals surface area contributed by atoms with Crippen LogP contribution in [0.5, 0.6) is 0 Å². The Morgan fingerprint density at radius 3 is 2.81 bits per heavy atom. The fourth-order valence-corrected chi connectivity index (χ4v) is 3.76. The number of aryl methyl sites for hydroxylation is 1. The summed E-state index contributed by atoms with van der Waals surface area (Å²) in [6.07, 6.45) is 0.706. The number of benzene rings is 2. The molecule has 138 valence electrons. The number of halogens is 1. The van der Waals surface area contributed by atoms with E-state index < -0.39 is 0 Å². The van der Waals surface area contributed by atoms with Gasteiger partial charge in [0.1, 0.15) is 0 Å². The van der Waals surface area contributed by atoms with Crippen molar-refractivity contribution in [2.45, 2.75) is 13.3 Å². The molecule has 0 bridgehead atoms. The summed E-state index contributed by atoms with van der Waals surface area (Å²) in [6.45, 7) is 3.47. The lowest BCUT2D eigenvalue weighted by Crippen LogP contribution is -2.47. The van der Waals surface area contributed by atoms with E-state index in [-0.39, 0.29) is 24.2 Å². The second kappa shape index (κ2) is 7.25. The first-order valence-electron chi connectivity index (χ1n) is 9.00.